The number of rotatable bonds is 4. The molecule has 0 aliphatic carbocycles. The first-order valence-corrected chi connectivity index (χ1v) is 8.07. The summed E-state index contributed by atoms with van der Waals surface area (Å²) in [6, 6.07) is 6.15. The van der Waals surface area contributed by atoms with E-state index in [0.29, 0.717) is 25.2 Å². The van der Waals surface area contributed by atoms with Crippen LogP contribution in [0.25, 0.3) is 0 Å². The fraction of sp³-hybridized carbons (Fsp3) is 0.647. The quantitative estimate of drug-likeness (QED) is 0.926. The molecule has 0 radical (unpaired) electrons. The van der Waals surface area contributed by atoms with E-state index >= 15 is 0 Å². The minimum atomic E-state index is 0.0974. The molecule has 0 amide bonds. The molecule has 2 heterocycles. The summed E-state index contributed by atoms with van der Waals surface area (Å²) in [6.07, 6.45) is 2.72. The predicted molar refractivity (Wildman–Crippen MR) is 82.0 cm³/mol. The Morgan fingerprint density at radius 2 is 1.86 bits per heavy atom. The highest BCUT2D eigenvalue weighted by Crippen LogP contribution is 2.35. The first kappa shape index (κ1) is 14.7. The smallest absolute Gasteiger partial charge is 0.161 e. The van der Waals surface area contributed by atoms with Crippen LogP contribution in [-0.2, 0) is 4.74 Å². The third kappa shape index (κ3) is 3.16. The molecule has 1 N–H and O–H groups in total. The Morgan fingerprint density at radius 3 is 2.62 bits per heavy atom. The van der Waals surface area contributed by atoms with Crippen LogP contribution in [0.15, 0.2) is 18.2 Å². The number of benzene rings is 1. The normalized spacial score (nSPS) is 25.1. The first-order chi connectivity index (χ1) is 10.3. The molecule has 2 aliphatic heterocycles. The van der Waals surface area contributed by atoms with E-state index in [1.54, 1.807) is 0 Å². The van der Waals surface area contributed by atoms with Crippen molar-refractivity contribution in [2.75, 3.05) is 26.3 Å². The van der Waals surface area contributed by atoms with Gasteiger partial charge < -0.3 is 19.5 Å². The van der Waals surface area contributed by atoms with E-state index in [-0.39, 0.29) is 6.10 Å². The Labute approximate surface area is 126 Å². The van der Waals surface area contributed by atoms with Crippen LogP contribution in [0.2, 0.25) is 0 Å². The molecule has 1 aromatic carbocycles. The monoisotopic (exact) mass is 291 g/mol. The molecule has 1 saturated heterocycles. The molecule has 0 aromatic heterocycles. The topological polar surface area (TPSA) is 39.7 Å². The fourth-order valence-corrected chi connectivity index (χ4v) is 3.21. The Bertz CT molecular complexity index is 473. The highest BCUT2D eigenvalue weighted by molar-refractivity contribution is 5.44. The van der Waals surface area contributed by atoms with Crippen LogP contribution in [0.1, 0.15) is 38.4 Å². The second kappa shape index (κ2) is 6.67. The zero-order valence-corrected chi connectivity index (χ0v) is 12.9. The van der Waals surface area contributed by atoms with Gasteiger partial charge in [0.2, 0.25) is 0 Å². The van der Waals surface area contributed by atoms with Gasteiger partial charge in [-0.2, -0.15) is 0 Å². The molecule has 0 saturated carbocycles. The van der Waals surface area contributed by atoms with Crippen molar-refractivity contribution in [3.63, 3.8) is 0 Å². The summed E-state index contributed by atoms with van der Waals surface area (Å²) in [6.45, 7) is 7.54. The minimum absolute atomic E-state index is 0.0974. The van der Waals surface area contributed by atoms with E-state index < -0.39 is 0 Å². The van der Waals surface area contributed by atoms with E-state index in [4.69, 9.17) is 14.2 Å². The van der Waals surface area contributed by atoms with Crippen molar-refractivity contribution in [1.29, 1.82) is 0 Å². The minimum Gasteiger partial charge on any atom is -0.486 e. The molecule has 1 aromatic rings. The van der Waals surface area contributed by atoms with Crippen molar-refractivity contribution in [2.45, 2.75) is 38.9 Å². The maximum atomic E-state index is 6.35. The van der Waals surface area contributed by atoms with Crippen molar-refractivity contribution < 1.29 is 14.2 Å². The van der Waals surface area contributed by atoms with Crippen molar-refractivity contribution in [3.05, 3.63) is 23.8 Å². The maximum Gasteiger partial charge on any atom is 0.161 e. The van der Waals surface area contributed by atoms with Crippen molar-refractivity contribution in [3.8, 4) is 11.5 Å². The van der Waals surface area contributed by atoms with Crippen LogP contribution in [-0.4, -0.2) is 32.4 Å². The molecule has 2 aliphatic rings. The van der Waals surface area contributed by atoms with Crippen LogP contribution in [0.3, 0.4) is 0 Å². The molecule has 4 heteroatoms. The zero-order chi connectivity index (χ0) is 14.7. The predicted octanol–water partition coefficient (Wildman–Crippen LogP) is 2.92. The first-order valence-electron chi connectivity index (χ1n) is 8.07. The molecule has 21 heavy (non-hydrogen) atoms. The lowest BCUT2D eigenvalue weighted by atomic mass is 9.94. The molecule has 0 bridgehead atoms. The zero-order valence-electron chi connectivity index (χ0n) is 12.9. The standard InChI is InChI=1S/C17H25NO3/c1-3-12(4-2)16-10-18-11-17(21-16)13-5-6-14-15(9-13)20-8-7-19-14/h5-6,9,12,16-18H,3-4,7-8,10-11H2,1-2H3. The van der Waals surface area contributed by atoms with Crippen molar-refractivity contribution in [2.24, 2.45) is 5.92 Å². The van der Waals surface area contributed by atoms with Gasteiger partial charge in [0, 0.05) is 13.1 Å². The van der Waals surface area contributed by atoms with E-state index in [1.165, 1.54) is 5.56 Å². The lowest BCUT2D eigenvalue weighted by molar-refractivity contribution is -0.0689. The van der Waals surface area contributed by atoms with E-state index in [0.717, 1.165) is 37.4 Å². The lowest BCUT2D eigenvalue weighted by Gasteiger charge is -2.35. The molecule has 4 nitrogen and oxygen atoms in total. The van der Waals surface area contributed by atoms with E-state index in [2.05, 4.69) is 31.3 Å². The Kier molecular flexibility index (Phi) is 4.66. The Morgan fingerprint density at radius 1 is 1.10 bits per heavy atom. The van der Waals surface area contributed by atoms with Crippen molar-refractivity contribution >= 4 is 0 Å². The summed E-state index contributed by atoms with van der Waals surface area (Å²) in [4.78, 5) is 0. The van der Waals surface area contributed by atoms with E-state index in [9.17, 15) is 0 Å². The average Bonchev–Trinajstić information content (AvgIpc) is 2.56. The van der Waals surface area contributed by atoms with Gasteiger partial charge in [-0.15, -0.1) is 0 Å². The van der Waals surface area contributed by atoms with Gasteiger partial charge in [0.05, 0.1) is 12.2 Å². The van der Waals surface area contributed by atoms with Gasteiger partial charge in [-0.3, -0.25) is 0 Å². The third-order valence-corrected chi connectivity index (χ3v) is 4.53. The largest absolute Gasteiger partial charge is 0.486 e. The SMILES string of the molecule is CCC(CC)C1CNCC(c2ccc3c(c2)OCCO3)O1. The Hall–Kier alpha value is -1.26. The maximum absolute atomic E-state index is 6.35. The highest BCUT2D eigenvalue weighted by atomic mass is 16.6. The third-order valence-electron chi connectivity index (χ3n) is 4.53. The summed E-state index contributed by atoms with van der Waals surface area (Å²) in [5.41, 5.74) is 1.17. The molecule has 3 rings (SSSR count). The molecule has 0 spiro atoms. The molecule has 2 atom stereocenters. The number of fused-ring (bicyclic) bond motifs is 1. The second-order valence-corrected chi connectivity index (χ2v) is 5.80. The highest BCUT2D eigenvalue weighted by Gasteiger charge is 2.28. The molecule has 1 fully saturated rings. The average molecular weight is 291 g/mol. The number of nitrogens with one attached hydrogen (secondary N) is 1. The number of morpholine rings is 1. The number of hydrogen-bond acceptors (Lipinski definition) is 4. The second-order valence-electron chi connectivity index (χ2n) is 5.80. The molecular formula is C17H25NO3. The lowest BCUT2D eigenvalue weighted by Crippen LogP contribution is -2.44. The van der Waals surface area contributed by atoms with Gasteiger partial charge in [0.1, 0.15) is 13.2 Å². The van der Waals surface area contributed by atoms with Gasteiger partial charge in [-0.25, -0.2) is 0 Å². The summed E-state index contributed by atoms with van der Waals surface area (Å²) < 4.78 is 17.6. The summed E-state index contributed by atoms with van der Waals surface area (Å²) in [7, 11) is 0. The number of hydrogen-bond donors (Lipinski definition) is 1. The van der Waals surface area contributed by atoms with Crippen LogP contribution >= 0.6 is 0 Å². The van der Waals surface area contributed by atoms with Gasteiger partial charge in [-0.05, 0) is 23.6 Å². The van der Waals surface area contributed by atoms with Gasteiger partial charge in [0.15, 0.2) is 11.5 Å². The van der Waals surface area contributed by atoms with Crippen LogP contribution in [0.4, 0.5) is 0 Å². The molecular weight excluding hydrogens is 266 g/mol. The van der Waals surface area contributed by atoms with Crippen LogP contribution in [0.5, 0.6) is 11.5 Å². The summed E-state index contributed by atoms with van der Waals surface area (Å²) in [5.74, 6) is 2.30. The summed E-state index contributed by atoms with van der Waals surface area (Å²) >= 11 is 0. The van der Waals surface area contributed by atoms with E-state index in [1.807, 2.05) is 6.07 Å². The van der Waals surface area contributed by atoms with Gasteiger partial charge in [-0.1, -0.05) is 32.8 Å². The summed E-state index contributed by atoms with van der Waals surface area (Å²) in [5, 5.41) is 3.52. The van der Waals surface area contributed by atoms with Gasteiger partial charge >= 0.3 is 0 Å². The number of ether oxygens (including phenoxy) is 3. The molecule has 2 unspecified atom stereocenters. The van der Waals surface area contributed by atoms with Gasteiger partial charge in [0.25, 0.3) is 0 Å². The van der Waals surface area contributed by atoms with Crippen LogP contribution < -0.4 is 14.8 Å². The Balaban J connectivity index is 1.74. The van der Waals surface area contributed by atoms with Crippen LogP contribution in [0, 0.1) is 5.92 Å². The fourth-order valence-electron chi connectivity index (χ4n) is 3.21. The van der Waals surface area contributed by atoms with Crippen molar-refractivity contribution in [1.82, 2.24) is 5.32 Å². The molecule has 116 valence electrons.